The summed E-state index contributed by atoms with van der Waals surface area (Å²) in [4.78, 5) is 22.4. The Bertz CT molecular complexity index is 364. The summed E-state index contributed by atoms with van der Waals surface area (Å²) in [6.45, 7) is 3.59. The van der Waals surface area contributed by atoms with Crippen molar-refractivity contribution in [1.29, 1.82) is 0 Å². The molecule has 1 unspecified atom stereocenters. The van der Waals surface area contributed by atoms with Gasteiger partial charge in [-0.05, 0) is 11.1 Å². The predicted octanol–water partition coefficient (Wildman–Crippen LogP) is -0.571. The number of nitrogens with one attached hydrogen (secondary N) is 2. The summed E-state index contributed by atoms with van der Waals surface area (Å²) in [6.07, 6.45) is 0.642. The van der Waals surface area contributed by atoms with Crippen LogP contribution in [0, 0.1) is 5.92 Å². The van der Waals surface area contributed by atoms with Crippen LogP contribution < -0.4 is 5.32 Å². The molecule has 0 aliphatic heterocycles. The van der Waals surface area contributed by atoms with E-state index in [4.69, 9.17) is 5.11 Å². The third kappa shape index (κ3) is 2.75. The van der Waals surface area contributed by atoms with Gasteiger partial charge in [-0.2, -0.15) is 5.21 Å². The molecule has 2 atom stereocenters. The molecule has 16 heavy (non-hydrogen) atoms. The lowest BCUT2D eigenvalue weighted by atomic mass is 9.99. The maximum absolute atomic E-state index is 11.5. The monoisotopic (exact) mass is 227 g/mol. The van der Waals surface area contributed by atoms with Crippen molar-refractivity contribution in [1.82, 2.24) is 25.9 Å². The average molecular weight is 227 g/mol. The van der Waals surface area contributed by atoms with E-state index >= 15 is 0 Å². The predicted molar refractivity (Wildman–Crippen MR) is 52.5 cm³/mol. The largest absolute Gasteiger partial charge is 0.480 e. The fourth-order valence-corrected chi connectivity index (χ4v) is 1.15. The first-order valence-corrected chi connectivity index (χ1v) is 4.83. The van der Waals surface area contributed by atoms with E-state index in [0.29, 0.717) is 6.42 Å². The molecular weight excluding hydrogens is 214 g/mol. The van der Waals surface area contributed by atoms with Crippen LogP contribution in [0.2, 0.25) is 0 Å². The van der Waals surface area contributed by atoms with E-state index in [2.05, 4.69) is 25.9 Å². The van der Waals surface area contributed by atoms with Gasteiger partial charge in [0, 0.05) is 0 Å². The molecule has 1 rings (SSSR count). The highest BCUT2D eigenvalue weighted by molar-refractivity contribution is 5.93. The van der Waals surface area contributed by atoms with Gasteiger partial charge in [-0.3, -0.25) is 4.79 Å². The molecule has 1 aromatic rings. The van der Waals surface area contributed by atoms with Gasteiger partial charge in [0.25, 0.3) is 11.7 Å². The summed E-state index contributed by atoms with van der Waals surface area (Å²) in [7, 11) is 0. The zero-order valence-electron chi connectivity index (χ0n) is 8.97. The van der Waals surface area contributed by atoms with Crippen molar-refractivity contribution in [3.05, 3.63) is 5.82 Å². The van der Waals surface area contributed by atoms with Gasteiger partial charge in [-0.25, -0.2) is 4.79 Å². The number of aromatic nitrogens is 4. The van der Waals surface area contributed by atoms with Gasteiger partial charge in [0.05, 0.1) is 0 Å². The zero-order valence-corrected chi connectivity index (χ0v) is 8.97. The summed E-state index contributed by atoms with van der Waals surface area (Å²) < 4.78 is 0. The van der Waals surface area contributed by atoms with Crippen LogP contribution in [0.1, 0.15) is 30.9 Å². The first kappa shape index (κ1) is 12.1. The fraction of sp³-hybridized carbons (Fsp3) is 0.625. The van der Waals surface area contributed by atoms with E-state index in [9.17, 15) is 9.59 Å². The smallest absolute Gasteiger partial charge is 0.326 e. The fourth-order valence-electron chi connectivity index (χ4n) is 1.15. The number of amides is 1. The molecule has 0 spiro atoms. The van der Waals surface area contributed by atoms with Gasteiger partial charge in [-0.15, -0.1) is 10.2 Å². The molecule has 0 fully saturated rings. The molecule has 0 bridgehead atoms. The van der Waals surface area contributed by atoms with Crippen molar-refractivity contribution in [3.8, 4) is 0 Å². The van der Waals surface area contributed by atoms with Crippen LogP contribution >= 0.6 is 0 Å². The second-order valence-electron chi connectivity index (χ2n) is 3.41. The minimum Gasteiger partial charge on any atom is -0.480 e. The number of tetrazole rings is 1. The minimum absolute atomic E-state index is 0.172. The van der Waals surface area contributed by atoms with Crippen LogP contribution in [0.25, 0.3) is 0 Å². The van der Waals surface area contributed by atoms with Crippen LogP contribution in [-0.4, -0.2) is 43.6 Å². The van der Waals surface area contributed by atoms with E-state index in [0.717, 1.165) is 0 Å². The molecule has 1 amide bonds. The number of carbonyl (C=O) groups is 2. The van der Waals surface area contributed by atoms with Gasteiger partial charge in [0.2, 0.25) is 0 Å². The summed E-state index contributed by atoms with van der Waals surface area (Å²) >= 11 is 0. The van der Waals surface area contributed by atoms with Crippen molar-refractivity contribution in [3.63, 3.8) is 0 Å². The molecule has 1 heterocycles. The Morgan fingerprint density at radius 1 is 1.56 bits per heavy atom. The van der Waals surface area contributed by atoms with Crippen LogP contribution in [0.15, 0.2) is 0 Å². The summed E-state index contributed by atoms with van der Waals surface area (Å²) in [5.41, 5.74) is 0. The number of nitrogens with zero attached hydrogens (tertiary/aromatic N) is 3. The van der Waals surface area contributed by atoms with Crippen molar-refractivity contribution in [2.75, 3.05) is 0 Å². The number of hydrogen-bond donors (Lipinski definition) is 3. The minimum atomic E-state index is -1.08. The second-order valence-corrected chi connectivity index (χ2v) is 3.41. The van der Waals surface area contributed by atoms with E-state index in [-0.39, 0.29) is 11.7 Å². The second kappa shape index (κ2) is 5.19. The number of H-pyrrole nitrogens is 1. The summed E-state index contributed by atoms with van der Waals surface area (Å²) in [5, 5.41) is 23.5. The summed E-state index contributed by atoms with van der Waals surface area (Å²) in [5.74, 6) is -2.07. The van der Waals surface area contributed by atoms with E-state index in [1.54, 1.807) is 6.92 Å². The number of aliphatic carboxylic acids is 1. The maximum Gasteiger partial charge on any atom is 0.326 e. The van der Waals surface area contributed by atoms with E-state index < -0.39 is 17.9 Å². The van der Waals surface area contributed by atoms with Crippen LogP contribution in [-0.2, 0) is 4.79 Å². The normalized spacial score (nSPS) is 14.1. The van der Waals surface area contributed by atoms with Crippen molar-refractivity contribution in [2.45, 2.75) is 26.3 Å². The Hall–Kier alpha value is -1.99. The first-order chi connectivity index (χ1) is 7.56. The third-order valence-electron chi connectivity index (χ3n) is 2.31. The Labute approximate surface area is 91.4 Å². The highest BCUT2D eigenvalue weighted by Crippen LogP contribution is 2.08. The van der Waals surface area contributed by atoms with Gasteiger partial charge >= 0.3 is 5.97 Å². The maximum atomic E-state index is 11.5. The van der Waals surface area contributed by atoms with Crippen LogP contribution in [0.5, 0.6) is 0 Å². The topological polar surface area (TPSA) is 121 Å². The Balaban J connectivity index is 2.69. The highest BCUT2D eigenvalue weighted by atomic mass is 16.4. The van der Waals surface area contributed by atoms with Crippen molar-refractivity contribution in [2.24, 2.45) is 5.92 Å². The molecule has 3 N–H and O–H groups in total. The molecule has 88 valence electrons. The third-order valence-corrected chi connectivity index (χ3v) is 2.31. The highest BCUT2D eigenvalue weighted by Gasteiger charge is 2.26. The molecule has 0 saturated carbocycles. The van der Waals surface area contributed by atoms with Crippen molar-refractivity contribution >= 4 is 11.9 Å². The van der Waals surface area contributed by atoms with Crippen molar-refractivity contribution < 1.29 is 14.7 Å². The van der Waals surface area contributed by atoms with Crippen LogP contribution in [0.3, 0.4) is 0 Å². The molecule has 1 aromatic heterocycles. The number of aromatic amines is 1. The summed E-state index contributed by atoms with van der Waals surface area (Å²) in [6, 6.07) is -0.948. The molecule has 0 aliphatic rings. The van der Waals surface area contributed by atoms with E-state index in [1.165, 1.54) is 0 Å². The Morgan fingerprint density at radius 2 is 2.25 bits per heavy atom. The SMILES string of the molecule is CCC(C)[C@H](NC(=O)c1nn[nH]n1)C(=O)O. The van der Waals surface area contributed by atoms with Gasteiger partial charge in [0.1, 0.15) is 6.04 Å². The average Bonchev–Trinajstić information content (AvgIpc) is 2.77. The molecule has 0 aliphatic carbocycles. The number of carboxylic acid groups (broad SMARTS) is 1. The van der Waals surface area contributed by atoms with Gasteiger partial charge < -0.3 is 10.4 Å². The molecule has 8 nitrogen and oxygen atoms in total. The Morgan fingerprint density at radius 3 is 2.69 bits per heavy atom. The first-order valence-electron chi connectivity index (χ1n) is 4.83. The van der Waals surface area contributed by atoms with E-state index in [1.807, 2.05) is 6.92 Å². The quantitative estimate of drug-likeness (QED) is 0.619. The molecule has 0 saturated heterocycles. The molecule has 8 heteroatoms. The number of rotatable bonds is 5. The molecular formula is C8H13N5O3. The lowest BCUT2D eigenvalue weighted by Gasteiger charge is -2.18. The molecule has 0 radical (unpaired) electrons. The molecule has 0 aromatic carbocycles. The zero-order chi connectivity index (χ0) is 12.1. The lowest BCUT2D eigenvalue weighted by molar-refractivity contribution is -0.140. The van der Waals surface area contributed by atoms with Crippen LogP contribution in [0.4, 0.5) is 0 Å². The number of carboxylic acids is 1. The Kier molecular flexibility index (Phi) is 3.92. The number of hydrogen-bond acceptors (Lipinski definition) is 5. The van der Waals surface area contributed by atoms with Gasteiger partial charge in [0.15, 0.2) is 0 Å². The van der Waals surface area contributed by atoms with Gasteiger partial charge in [-0.1, -0.05) is 20.3 Å². The standard InChI is InChI=1S/C8H13N5O3/c1-3-4(2)5(8(15)16)9-7(14)6-10-12-13-11-6/h4-5H,3H2,1-2H3,(H,9,14)(H,15,16)(H,10,11,12,13)/t4?,5-/m0/s1. The number of carbonyl (C=O) groups excluding carboxylic acids is 1. The lowest BCUT2D eigenvalue weighted by Crippen LogP contribution is -2.45.